The quantitative estimate of drug-likeness (QED) is 0.273. The fourth-order valence-electron chi connectivity index (χ4n) is 3.62. The van der Waals surface area contributed by atoms with E-state index in [1.54, 1.807) is 0 Å². The van der Waals surface area contributed by atoms with Gasteiger partial charge in [-0.15, -0.1) is 0 Å². The van der Waals surface area contributed by atoms with Gasteiger partial charge in [0.05, 0.1) is 13.2 Å². The summed E-state index contributed by atoms with van der Waals surface area (Å²) >= 11 is 5.26. The van der Waals surface area contributed by atoms with Crippen LogP contribution in [0.5, 0.6) is 0 Å². The van der Waals surface area contributed by atoms with Crippen molar-refractivity contribution in [2.45, 2.75) is 48.5 Å². The number of aromatic nitrogens is 2. The largest absolute Gasteiger partial charge is 0.394 e. The van der Waals surface area contributed by atoms with E-state index in [-0.39, 0.29) is 4.77 Å². The normalized spacial score (nSPS) is 42.0. The predicted molar refractivity (Wildman–Crippen MR) is 90.2 cm³/mol. The Balaban J connectivity index is 2.22. The summed E-state index contributed by atoms with van der Waals surface area (Å²) in [6, 6.07) is 1.13. The van der Waals surface area contributed by atoms with Gasteiger partial charge in [-0.3, -0.25) is 13.9 Å². The van der Waals surface area contributed by atoms with Gasteiger partial charge in [-0.25, -0.2) is 0 Å². The number of rotatable bonds is 4. The average molecular weight is 406 g/mol. The Morgan fingerprint density at radius 3 is 2.26 bits per heavy atom. The second kappa shape index (κ2) is 7.31. The van der Waals surface area contributed by atoms with Gasteiger partial charge in [0.1, 0.15) is 42.7 Å². The van der Waals surface area contributed by atoms with E-state index in [1.165, 1.54) is 13.2 Å². The first-order valence-electron chi connectivity index (χ1n) is 8.27. The van der Waals surface area contributed by atoms with Crippen molar-refractivity contribution < 1.29 is 40.1 Å². The van der Waals surface area contributed by atoms with Crippen LogP contribution in [0.2, 0.25) is 0 Å². The highest BCUT2D eigenvalue weighted by Gasteiger charge is 2.65. The maximum atomic E-state index is 11.9. The number of hydrogen-bond acceptors (Lipinski definition) is 10. The molecular weight excluding hydrogens is 384 g/mol. The van der Waals surface area contributed by atoms with Crippen molar-refractivity contribution in [3.8, 4) is 0 Å². The van der Waals surface area contributed by atoms with Crippen LogP contribution in [-0.4, -0.2) is 95.7 Å². The van der Waals surface area contributed by atoms with Crippen LogP contribution in [-0.2, 0) is 22.2 Å². The highest BCUT2D eigenvalue weighted by Crippen LogP contribution is 2.44. The van der Waals surface area contributed by atoms with Crippen molar-refractivity contribution in [3.63, 3.8) is 0 Å². The van der Waals surface area contributed by atoms with Gasteiger partial charge in [0.2, 0.25) is 5.72 Å². The highest BCUT2D eigenvalue weighted by molar-refractivity contribution is 7.71. The van der Waals surface area contributed by atoms with Crippen LogP contribution in [0, 0.1) is 4.77 Å². The number of aliphatic hydroxyl groups excluding tert-OH is 6. The molecule has 0 saturated carbocycles. The number of ether oxygens (including phenoxy) is 2. The lowest BCUT2D eigenvalue weighted by atomic mass is 9.92. The molecule has 2 aliphatic rings. The monoisotopic (exact) mass is 406 g/mol. The molecule has 3 heterocycles. The molecule has 0 aliphatic carbocycles. The third kappa shape index (κ3) is 2.88. The van der Waals surface area contributed by atoms with Crippen LogP contribution in [0.25, 0.3) is 0 Å². The summed E-state index contributed by atoms with van der Waals surface area (Å²) in [5, 5.41) is 60.5. The van der Waals surface area contributed by atoms with Gasteiger partial charge in [-0.1, -0.05) is 0 Å². The molecule has 1 aromatic heterocycles. The second-order valence-corrected chi connectivity index (χ2v) is 7.02. The first kappa shape index (κ1) is 20.5. The van der Waals surface area contributed by atoms with Crippen molar-refractivity contribution in [1.29, 1.82) is 0 Å². The van der Waals surface area contributed by atoms with Crippen LogP contribution in [0.3, 0.4) is 0 Å². The summed E-state index contributed by atoms with van der Waals surface area (Å²) in [4.78, 5) is 11.9. The van der Waals surface area contributed by atoms with Gasteiger partial charge in [0.15, 0.2) is 4.77 Å². The molecule has 12 heteroatoms. The third-order valence-corrected chi connectivity index (χ3v) is 5.64. The Bertz CT molecular complexity index is 813. The van der Waals surface area contributed by atoms with Crippen LogP contribution >= 0.6 is 12.2 Å². The Morgan fingerprint density at radius 1 is 1.11 bits per heavy atom. The van der Waals surface area contributed by atoms with Gasteiger partial charge >= 0.3 is 0 Å². The fraction of sp³-hybridized carbons (Fsp3) is 0.733. The van der Waals surface area contributed by atoms with Gasteiger partial charge in [-0.05, 0) is 12.2 Å². The minimum Gasteiger partial charge on any atom is -0.394 e. The van der Waals surface area contributed by atoms with Gasteiger partial charge in [-0.2, -0.15) is 0 Å². The molecule has 0 bridgehead atoms. The highest BCUT2D eigenvalue weighted by atomic mass is 32.1. The van der Waals surface area contributed by atoms with Crippen LogP contribution in [0.15, 0.2) is 17.1 Å². The summed E-state index contributed by atoms with van der Waals surface area (Å²) in [5.74, 6) is 0. The number of hydrogen-bond donors (Lipinski definition) is 6. The van der Waals surface area contributed by atoms with Crippen molar-refractivity contribution in [3.05, 3.63) is 27.4 Å². The molecular formula is C15H22N2O9S. The van der Waals surface area contributed by atoms with E-state index in [9.17, 15) is 35.4 Å². The third-order valence-electron chi connectivity index (χ3n) is 5.16. The Hall–Kier alpha value is -1.22. The second-order valence-electron chi connectivity index (χ2n) is 6.65. The molecule has 2 saturated heterocycles. The zero-order valence-electron chi connectivity index (χ0n) is 14.3. The van der Waals surface area contributed by atoms with Crippen molar-refractivity contribution >= 4 is 12.2 Å². The van der Waals surface area contributed by atoms with Crippen LogP contribution in [0.4, 0.5) is 0 Å². The molecule has 3 rings (SSSR count). The van der Waals surface area contributed by atoms with E-state index in [1.807, 2.05) is 0 Å². The molecule has 0 radical (unpaired) electrons. The standard InChI is InChI=1S/C15H22N2O9S/c1-16-8(20)2-3-17(14(16)27)15(12(24)10(22)7(5-19)26-15)13-11(23)9(21)6(4-18)25-13/h2-3,6-7,9-13,18-19,21-24H,4-5H2,1H3/t6-,7-,9-,10-,11-,12-,13?,15+/m1/s1. The maximum absolute atomic E-state index is 11.9. The summed E-state index contributed by atoms with van der Waals surface area (Å²) < 4.78 is 13.4. The van der Waals surface area contributed by atoms with Crippen molar-refractivity contribution in [2.24, 2.45) is 7.05 Å². The zero-order chi connectivity index (χ0) is 20.1. The minimum absolute atomic E-state index is 0.120. The van der Waals surface area contributed by atoms with Gasteiger partial charge < -0.3 is 40.1 Å². The minimum atomic E-state index is -2.07. The topological polar surface area (TPSA) is 167 Å². The fourth-order valence-corrected chi connectivity index (χ4v) is 3.92. The molecule has 0 amide bonds. The first-order valence-corrected chi connectivity index (χ1v) is 8.68. The molecule has 27 heavy (non-hydrogen) atoms. The number of nitrogens with zero attached hydrogens (tertiary/aromatic N) is 2. The van der Waals surface area contributed by atoms with E-state index in [0.717, 1.165) is 15.2 Å². The smallest absolute Gasteiger partial charge is 0.253 e. The van der Waals surface area contributed by atoms with Crippen LogP contribution in [0.1, 0.15) is 0 Å². The lowest BCUT2D eigenvalue weighted by Gasteiger charge is -2.40. The maximum Gasteiger partial charge on any atom is 0.253 e. The van der Waals surface area contributed by atoms with E-state index in [2.05, 4.69) is 0 Å². The molecule has 11 nitrogen and oxygen atoms in total. The Labute approximate surface area is 158 Å². The molecule has 2 fully saturated rings. The van der Waals surface area contributed by atoms with E-state index in [0.29, 0.717) is 0 Å². The summed E-state index contributed by atoms with van der Waals surface area (Å²) in [7, 11) is 1.38. The summed E-state index contributed by atoms with van der Waals surface area (Å²) in [6.45, 7) is -1.28. The summed E-state index contributed by atoms with van der Waals surface area (Å²) in [5.41, 5.74) is -2.51. The van der Waals surface area contributed by atoms with E-state index in [4.69, 9.17) is 21.7 Å². The van der Waals surface area contributed by atoms with E-state index < -0.39 is 67.2 Å². The molecule has 0 spiro atoms. The van der Waals surface area contributed by atoms with Crippen molar-refractivity contribution in [2.75, 3.05) is 13.2 Å². The summed E-state index contributed by atoms with van der Waals surface area (Å²) in [6.07, 6.45) is -9.14. The average Bonchev–Trinajstić information content (AvgIpc) is 3.09. The zero-order valence-corrected chi connectivity index (χ0v) is 15.1. The lowest BCUT2D eigenvalue weighted by molar-refractivity contribution is -0.234. The Kier molecular flexibility index (Phi) is 5.55. The predicted octanol–water partition coefficient (Wildman–Crippen LogP) is -3.84. The van der Waals surface area contributed by atoms with Crippen molar-refractivity contribution in [1.82, 2.24) is 9.13 Å². The molecule has 2 aliphatic heterocycles. The molecule has 6 N–H and O–H groups in total. The van der Waals surface area contributed by atoms with E-state index >= 15 is 0 Å². The van der Waals surface area contributed by atoms with Gasteiger partial charge in [0, 0.05) is 19.3 Å². The molecule has 8 atom stereocenters. The molecule has 152 valence electrons. The molecule has 0 aromatic carbocycles. The number of aliphatic hydroxyl groups is 6. The lowest BCUT2D eigenvalue weighted by Crippen LogP contribution is -2.58. The van der Waals surface area contributed by atoms with Crippen LogP contribution < -0.4 is 5.56 Å². The first-order chi connectivity index (χ1) is 12.7. The Morgan fingerprint density at radius 2 is 1.74 bits per heavy atom. The molecule has 1 unspecified atom stereocenters. The van der Waals surface area contributed by atoms with Gasteiger partial charge in [0.25, 0.3) is 5.56 Å². The molecule has 1 aromatic rings. The SMILES string of the molecule is Cn1c(=O)ccn([C@]2(C3O[C@H](CO)[C@@H](O)[C@H]3O)O[C@H](CO)[C@@H](O)[C@H]2O)c1=S.